The zero-order chi connectivity index (χ0) is 24.0. The first-order valence-electron chi connectivity index (χ1n) is 11.3. The van der Waals surface area contributed by atoms with Crippen LogP contribution in [-0.2, 0) is 13.6 Å². The van der Waals surface area contributed by atoms with E-state index in [2.05, 4.69) is 46.8 Å². The van der Waals surface area contributed by atoms with E-state index >= 15 is 0 Å². The molecule has 2 aromatic carbocycles. The summed E-state index contributed by atoms with van der Waals surface area (Å²) in [6.07, 6.45) is 0. The molecule has 0 spiro atoms. The van der Waals surface area contributed by atoms with Gasteiger partial charge in [0, 0.05) is 44.5 Å². The molecule has 1 aliphatic heterocycles. The summed E-state index contributed by atoms with van der Waals surface area (Å²) in [6, 6.07) is 12.9. The molecular weight excluding hydrogens is 435 g/mol. The number of imidazole rings is 1. The molecule has 3 heterocycles. The Balaban J connectivity index is 1.54. The molecule has 1 fully saturated rings. The Morgan fingerprint density at radius 2 is 1.71 bits per heavy atom. The van der Waals surface area contributed by atoms with Crippen LogP contribution in [0, 0.1) is 19.7 Å². The van der Waals surface area contributed by atoms with Crippen LogP contribution in [0.1, 0.15) is 16.7 Å². The standard InChI is InChI=1S/C25H27FN6O2/c1-16-8-9-17(2)20(14-16)30-10-12-31(13-11-30)24-27-22-21(23(33)28-25(34)29(22)3)32(24)15-18-6-4-5-7-19(18)26/h4-9,14H,10-13,15H2,1-3H3,(H,28,33,34). The van der Waals surface area contributed by atoms with Crippen molar-refractivity contribution in [1.29, 1.82) is 0 Å². The lowest BCUT2D eigenvalue weighted by molar-refractivity contribution is 0.593. The number of H-pyrrole nitrogens is 1. The van der Waals surface area contributed by atoms with Gasteiger partial charge in [-0.2, -0.15) is 4.98 Å². The van der Waals surface area contributed by atoms with Gasteiger partial charge in [0.1, 0.15) is 5.82 Å². The van der Waals surface area contributed by atoms with Gasteiger partial charge >= 0.3 is 5.69 Å². The van der Waals surface area contributed by atoms with Gasteiger partial charge in [-0.3, -0.25) is 18.9 Å². The van der Waals surface area contributed by atoms with Crippen LogP contribution in [0.3, 0.4) is 0 Å². The van der Waals surface area contributed by atoms with Gasteiger partial charge in [-0.25, -0.2) is 9.18 Å². The molecule has 1 saturated heterocycles. The molecule has 0 aliphatic carbocycles. The van der Waals surface area contributed by atoms with Gasteiger partial charge in [-0.15, -0.1) is 0 Å². The average molecular weight is 463 g/mol. The van der Waals surface area contributed by atoms with Crippen LogP contribution < -0.4 is 21.0 Å². The first-order chi connectivity index (χ1) is 16.3. The fraction of sp³-hybridized carbons (Fsp3) is 0.320. The number of fused-ring (bicyclic) bond motifs is 1. The van der Waals surface area contributed by atoms with Gasteiger partial charge < -0.3 is 9.80 Å². The highest BCUT2D eigenvalue weighted by molar-refractivity contribution is 5.75. The molecule has 0 atom stereocenters. The molecule has 0 amide bonds. The molecule has 0 saturated carbocycles. The van der Waals surface area contributed by atoms with E-state index in [1.54, 1.807) is 29.8 Å². The topological polar surface area (TPSA) is 79.2 Å². The lowest BCUT2D eigenvalue weighted by atomic mass is 10.1. The largest absolute Gasteiger partial charge is 0.368 e. The van der Waals surface area contributed by atoms with Crippen LogP contribution in [0.25, 0.3) is 11.2 Å². The number of nitrogens with one attached hydrogen (secondary N) is 1. The predicted octanol–water partition coefficient (Wildman–Crippen LogP) is 2.55. The van der Waals surface area contributed by atoms with E-state index in [1.807, 2.05) is 0 Å². The second-order valence-corrected chi connectivity index (χ2v) is 8.84. The van der Waals surface area contributed by atoms with Crippen LogP contribution >= 0.6 is 0 Å². The van der Waals surface area contributed by atoms with E-state index in [4.69, 9.17) is 4.98 Å². The maximum Gasteiger partial charge on any atom is 0.329 e. The lowest BCUT2D eigenvalue weighted by Gasteiger charge is -2.37. The summed E-state index contributed by atoms with van der Waals surface area (Å²) in [6.45, 7) is 7.26. The Kier molecular flexibility index (Phi) is 5.47. The second kappa shape index (κ2) is 8.48. The van der Waals surface area contributed by atoms with Crippen molar-refractivity contribution in [1.82, 2.24) is 19.1 Å². The number of rotatable bonds is 4. The predicted molar refractivity (Wildman–Crippen MR) is 131 cm³/mol. The maximum atomic E-state index is 14.5. The highest BCUT2D eigenvalue weighted by Gasteiger charge is 2.26. The Labute approximate surface area is 195 Å². The van der Waals surface area contributed by atoms with Crippen molar-refractivity contribution >= 4 is 22.8 Å². The van der Waals surface area contributed by atoms with Gasteiger partial charge in [0.2, 0.25) is 5.95 Å². The smallest absolute Gasteiger partial charge is 0.329 e. The molecule has 1 N–H and O–H groups in total. The van der Waals surface area contributed by atoms with Crippen LogP contribution in [0.15, 0.2) is 52.1 Å². The number of anilines is 2. The Bertz CT molecular complexity index is 1490. The van der Waals surface area contributed by atoms with Gasteiger partial charge in [0.05, 0.1) is 6.54 Å². The molecule has 4 aromatic rings. The third-order valence-electron chi connectivity index (χ3n) is 6.54. The van der Waals surface area contributed by atoms with Gasteiger partial charge in [0.15, 0.2) is 11.2 Å². The summed E-state index contributed by atoms with van der Waals surface area (Å²) in [5, 5.41) is 0. The zero-order valence-electron chi connectivity index (χ0n) is 19.5. The Morgan fingerprint density at radius 1 is 1.00 bits per heavy atom. The Hall–Kier alpha value is -3.88. The highest BCUT2D eigenvalue weighted by Crippen LogP contribution is 2.26. The molecule has 34 heavy (non-hydrogen) atoms. The average Bonchev–Trinajstić information content (AvgIpc) is 3.21. The van der Waals surface area contributed by atoms with Crippen LogP contribution in [0.5, 0.6) is 0 Å². The molecule has 176 valence electrons. The molecule has 0 radical (unpaired) electrons. The molecular formula is C25H27FN6O2. The number of aromatic amines is 1. The van der Waals surface area contributed by atoms with Crippen LogP contribution in [0.4, 0.5) is 16.0 Å². The molecule has 0 unspecified atom stereocenters. The molecule has 9 heteroatoms. The SMILES string of the molecule is Cc1ccc(C)c(N2CCN(c3nc4c(c(=O)[nH]c(=O)n4C)n3Cc3ccccc3F)CC2)c1. The monoisotopic (exact) mass is 462 g/mol. The zero-order valence-corrected chi connectivity index (χ0v) is 19.5. The molecule has 2 aromatic heterocycles. The van der Waals surface area contributed by atoms with Gasteiger partial charge in [0.25, 0.3) is 5.56 Å². The third kappa shape index (κ3) is 3.76. The molecule has 0 bridgehead atoms. The van der Waals surface area contributed by atoms with Crippen LogP contribution in [-0.4, -0.2) is 45.3 Å². The number of aromatic nitrogens is 4. The van der Waals surface area contributed by atoms with Crippen molar-refractivity contribution in [3.05, 3.63) is 85.8 Å². The van der Waals surface area contributed by atoms with Crippen molar-refractivity contribution in [3.8, 4) is 0 Å². The van der Waals surface area contributed by atoms with E-state index in [9.17, 15) is 14.0 Å². The number of halogens is 1. The summed E-state index contributed by atoms with van der Waals surface area (Å²) >= 11 is 0. The quantitative estimate of drug-likeness (QED) is 0.504. The van der Waals surface area contributed by atoms with Crippen molar-refractivity contribution in [2.75, 3.05) is 36.0 Å². The minimum atomic E-state index is -0.528. The minimum Gasteiger partial charge on any atom is -0.368 e. The van der Waals surface area contributed by atoms with E-state index in [0.29, 0.717) is 24.6 Å². The number of nitrogens with zero attached hydrogens (tertiary/aromatic N) is 5. The van der Waals surface area contributed by atoms with Crippen molar-refractivity contribution in [3.63, 3.8) is 0 Å². The number of aryl methyl sites for hydroxylation is 3. The van der Waals surface area contributed by atoms with Crippen molar-refractivity contribution < 1.29 is 4.39 Å². The normalized spacial score (nSPS) is 14.2. The Morgan fingerprint density at radius 3 is 2.44 bits per heavy atom. The highest BCUT2D eigenvalue weighted by atomic mass is 19.1. The summed E-state index contributed by atoms with van der Waals surface area (Å²) in [7, 11) is 1.57. The first-order valence-corrected chi connectivity index (χ1v) is 11.3. The molecule has 1 aliphatic rings. The minimum absolute atomic E-state index is 0.136. The fourth-order valence-electron chi connectivity index (χ4n) is 4.62. The van der Waals surface area contributed by atoms with Crippen molar-refractivity contribution in [2.24, 2.45) is 7.05 Å². The lowest BCUT2D eigenvalue weighted by Crippen LogP contribution is -2.47. The third-order valence-corrected chi connectivity index (χ3v) is 6.54. The van der Waals surface area contributed by atoms with Gasteiger partial charge in [-0.1, -0.05) is 30.3 Å². The summed E-state index contributed by atoms with van der Waals surface area (Å²) in [5.41, 5.74) is 3.61. The number of hydrogen-bond donors (Lipinski definition) is 1. The van der Waals surface area contributed by atoms with E-state index in [-0.39, 0.29) is 23.5 Å². The van der Waals surface area contributed by atoms with Crippen LogP contribution in [0.2, 0.25) is 0 Å². The van der Waals surface area contributed by atoms with E-state index in [0.717, 1.165) is 13.1 Å². The fourth-order valence-corrected chi connectivity index (χ4v) is 4.62. The number of hydrogen-bond acceptors (Lipinski definition) is 5. The summed E-state index contributed by atoms with van der Waals surface area (Å²) < 4.78 is 17.6. The van der Waals surface area contributed by atoms with E-state index in [1.165, 1.54) is 27.4 Å². The number of benzene rings is 2. The van der Waals surface area contributed by atoms with E-state index < -0.39 is 11.2 Å². The second-order valence-electron chi connectivity index (χ2n) is 8.84. The summed E-state index contributed by atoms with van der Waals surface area (Å²) in [4.78, 5) is 36.5. The van der Waals surface area contributed by atoms with Crippen molar-refractivity contribution in [2.45, 2.75) is 20.4 Å². The van der Waals surface area contributed by atoms with Gasteiger partial charge in [-0.05, 0) is 37.1 Å². The first kappa shape index (κ1) is 21.9. The summed E-state index contributed by atoms with van der Waals surface area (Å²) in [5.74, 6) is 0.210. The number of piperazine rings is 1. The molecule has 5 rings (SSSR count). The molecule has 8 nitrogen and oxygen atoms in total. The maximum absolute atomic E-state index is 14.5.